The summed E-state index contributed by atoms with van der Waals surface area (Å²) in [5, 5.41) is 0. The average Bonchev–Trinajstić information content (AvgIpc) is 2.35. The van der Waals surface area contributed by atoms with Gasteiger partial charge in [0.1, 0.15) is 0 Å². The number of hydrogen-bond donors (Lipinski definition) is 0. The Balaban J connectivity index is 2.06. The fourth-order valence-electron chi connectivity index (χ4n) is 1.75. The molecule has 1 heterocycles. The molecule has 1 nitrogen and oxygen atoms in total. The molecule has 2 aromatic carbocycles. The lowest BCUT2D eigenvalue weighted by atomic mass is 10.1. The molecular weight excluding hydrogens is 248 g/mol. The Labute approximate surface area is 109 Å². The van der Waals surface area contributed by atoms with E-state index in [0.29, 0.717) is 0 Å². The number of hydrogen-bond acceptors (Lipinski definition) is 3. The third kappa shape index (κ3) is 2.01. The summed E-state index contributed by atoms with van der Waals surface area (Å²) < 4.78 is 0. The lowest BCUT2D eigenvalue weighted by Gasteiger charge is -2.18. The predicted octanol–water partition coefficient (Wildman–Crippen LogP) is 4.51. The number of carbonyl (C=O) groups is 1. The van der Waals surface area contributed by atoms with Crippen LogP contribution in [0.25, 0.3) is 0 Å². The third-order valence-corrected chi connectivity index (χ3v) is 5.18. The van der Waals surface area contributed by atoms with Crippen LogP contribution in [0.2, 0.25) is 0 Å². The van der Waals surface area contributed by atoms with Gasteiger partial charge in [-0.15, -0.1) is 0 Å². The maximum absolute atomic E-state index is 11.4. The van der Waals surface area contributed by atoms with Gasteiger partial charge in [0.2, 0.25) is 0 Å². The zero-order valence-electron chi connectivity index (χ0n) is 9.27. The van der Waals surface area contributed by atoms with Crippen LogP contribution in [-0.4, -0.2) is 5.78 Å². The van der Waals surface area contributed by atoms with Gasteiger partial charge in [0.25, 0.3) is 0 Å². The van der Waals surface area contributed by atoms with E-state index in [9.17, 15) is 4.79 Å². The van der Waals surface area contributed by atoms with Crippen molar-refractivity contribution in [2.75, 3.05) is 0 Å². The molecule has 2 aromatic rings. The fourth-order valence-corrected chi connectivity index (χ4v) is 4.00. The van der Waals surface area contributed by atoms with Crippen molar-refractivity contribution in [3.63, 3.8) is 0 Å². The summed E-state index contributed by atoms with van der Waals surface area (Å²) in [5.41, 5.74) is 0.788. The molecule has 0 fully saturated rings. The fraction of sp³-hybridized carbons (Fsp3) is 0.0714. The summed E-state index contributed by atoms with van der Waals surface area (Å²) in [7, 11) is 0. The predicted molar refractivity (Wildman–Crippen MR) is 71.1 cm³/mol. The van der Waals surface area contributed by atoms with E-state index in [-0.39, 0.29) is 5.78 Å². The standard InChI is InChI=1S/C14H10OS2/c1-9(15)10-6-7-13-14(8-10)17-12-5-3-2-4-11(12)16-13/h2-8H,1H3. The molecule has 84 valence electrons. The molecule has 0 saturated carbocycles. The van der Waals surface area contributed by atoms with Crippen molar-refractivity contribution in [1.82, 2.24) is 0 Å². The summed E-state index contributed by atoms with van der Waals surface area (Å²) >= 11 is 3.51. The Hall–Kier alpha value is -1.19. The van der Waals surface area contributed by atoms with E-state index in [4.69, 9.17) is 0 Å². The number of benzene rings is 2. The van der Waals surface area contributed by atoms with Gasteiger partial charge in [0.05, 0.1) is 0 Å². The third-order valence-electron chi connectivity index (χ3n) is 2.64. The maximum atomic E-state index is 11.4. The van der Waals surface area contributed by atoms with Gasteiger partial charge in [0, 0.05) is 25.1 Å². The Morgan fingerprint density at radius 1 is 0.882 bits per heavy atom. The van der Waals surface area contributed by atoms with Crippen LogP contribution >= 0.6 is 23.5 Å². The smallest absolute Gasteiger partial charge is 0.159 e. The second-order valence-corrected chi connectivity index (χ2v) is 6.04. The number of Topliss-reactive ketones (excluding diaryl/α,β-unsaturated/α-hetero) is 1. The molecule has 0 saturated heterocycles. The number of ketones is 1. The highest BCUT2D eigenvalue weighted by Crippen LogP contribution is 2.48. The lowest BCUT2D eigenvalue weighted by Crippen LogP contribution is -1.95. The van der Waals surface area contributed by atoms with Crippen LogP contribution in [0.4, 0.5) is 0 Å². The lowest BCUT2D eigenvalue weighted by molar-refractivity contribution is 0.101. The molecule has 0 N–H and O–H groups in total. The molecule has 0 aliphatic carbocycles. The summed E-state index contributed by atoms with van der Waals surface area (Å²) in [4.78, 5) is 16.3. The van der Waals surface area contributed by atoms with Gasteiger partial charge in [-0.1, -0.05) is 41.7 Å². The molecule has 0 aromatic heterocycles. The first-order chi connectivity index (χ1) is 8.24. The summed E-state index contributed by atoms with van der Waals surface area (Å²) in [6.45, 7) is 1.61. The van der Waals surface area contributed by atoms with Gasteiger partial charge in [-0.3, -0.25) is 4.79 Å². The maximum Gasteiger partial charge on any atom is 0.159 e. The summed E-state index contributed by atoms with van der Waals surface area (Å²) in [6, 6.07) is 14.3. The van der Waals surface area contributed by atoms with Gasteiger partial charge in [-0.05, 0) is 31.2 Å². The highest BCUT2D eigenvalue weighted by molar-refractivity contribution is 8.05. The molecule has 0 radical (unpaired) electrons. The SMILES string of the molecule is CC(=O)c1ccc2c(c1)Sc1ccccc1S2. The van der Waals surface area contributed by atoms with Crippen LogP contribution in [0.3, 0.4) is 0 Å². The first-order valence-electron chi connectivity index (χ1n) is 5.34. The van der Waals surface area contributed by atoms with Gasteiger partial charge in [-0.25, -0.2) is 0 Å². The van der Waals surface area contributed by atoms with Crippen molar-refractivity contribution >= 4 is 29.3 Å². The molecule has 3 rings (SSSR count). The highest BCUT2D eigenvalue weighted by atomic mass is 32.2. The quantitative estimate of drug-likeness (QED) is 0.598. The number of carbonyl (C=O) groups excluding carboxylic acids is 1. The Kier molecular flexibility index (Phi) is 2.73. The molecule has 0 amide bonds. The van der Waals surface area contributed by atoms with E-state index in [1.807, 2.05) is 24.3 Å². The molecule has 1 aliphatic heterocycles. The first-order valence-corrected chi connectivity index (χ1v) is 6.97. The van der Waals surface area contributed by atoms with Crippen molar-refractivity contribution in [2.24, 2.45) is 0 Å². The topological polar surface area (TPSA) is 17.1 Å². The van der Waals surface area contributed by atoms with Crippen molar-refractivity contribution in [3.8, 4) is 0 Å². The molecule has 0 atom stereocenters. The normalized spacial score (nSPS) is 12.8. The average molecular weight is 258 g/mol. The Morgan fingerprint density at radius 3 is 2.12 bits per heavy atom. The van der Waals surface area contributed by atoms with Gasteiger partial charge in [0.15, 0.2) is 5.78 Å². The Bertz CT molecular complexity index is 605. The van der Waals surface area contributed by atoms with Crippen LogP contribution in [0.15, 0.2) is 62.0 Å². The molecule has 1 aliphatic rings. The van der Waals surface area contributed by atoms with E-state index in [1.165, 1.54) is 19.6 Å². The molecule has 3 heteroatoms. The minimum Gasteiger partial charge on any atom is -0.295 e. The van der Waals surface area contributed by atoms with Crippen molar-refractivity contribution in [2.45, 2.75) is 26.5 Å². The highest BCUT2D eigenvalue weighted by Gasteiger charge is 2.17. The van der Waals surface area contributed by atoms with E-state index in [1.54, 1.807) is 30.4 Å². The van der Waals surface area contributed by atoms with E-state index in [0.717, 1.165) is 5.56 Å². The molecule has 0 unspecified atom stereocenters. The first kappa shape index (κ1) is 10.9. The Morgan fingerprint density at radius 2 is 1.47 bits per heavy atom. The number of fused-ring (bicyclic) bond motifs is 2. The van der Waals surface area contributed by atoms with Gasteiger partial charge >= 0.3 is 0 Å². The second kappa shape index (κ2) is 4.24. The molecule has 17 heavy (non-hydrogen) atoms. The number of rotatable bonds is 1. The van der Waals surface area contributed by atoms with E-state index < -0.39 is 0 Å². The van der Waals surface area contributed by atoms with Crippen molar-refractivity contribution in [1.29, 1.82) is 0 Å². The van der Waals surface area contributed by atoms with Crippen molar-refractivity contribution < 1.29 is 4.79 Å². The minimum atomic E-state index is 0.122. The van der Waals surface area contributed by atoms with Crippen LogP contribution in [-0.2, 0) is 0 Å². The van der Waals surface area contributed by atoms with Crippen LogP contribution in [0.1, 0.15) is 17.3 Å². The molecule has 0 spiro atoms. The summed E-state index contributed by atoms with van der Waals surface area (Å²) in [5.74, 6) is 0.122. The minimum absolute atomic E-state index is 0.122. The molecule has 0 bridgehead atoms. The van der Waals surface area contributed by atoms with Crippen LogP contribution in [0.5, 0.6) is 0 Å². The largest absolute Gasteiger partial charge is 0.295 e. The van der Waals surface area contributed by atoms with Gasteiger partial charge < -0.3 is 0 Å². The second-order valence-electron chi connectivity index (χ2n) is 3.87. The van der Waals surface area contributed by atoms with Crippen LogP contribution < -0.4 is 0 Å². The monoisotopic (exact) mass is 258 g/mol. The van der Waals surface area contributed by atoms with E-state index >= 15 is 0 Å². The zero-order valence-corrected chi connectivity index (χ0v) is 10.9. The van der Waals surface area contributed by atoms with E-state index in [2.05, 4.69) is 18.2 Å². The van der Waals surface area contributed by atoms with Crippen molar-refractivity contribution in [3.05, 3.63) is 48.0 Å². The molecular formula is C14H10OS2. The zero-order chi connectivity index (χ0) is 11.8. The van der Waals surface area contributed by atoms with Crippen LogP contribution in [0, 0.1) is 0 Å². The van der Waals surface area contributed by atoms with Gasteiger partial charge in [-0.2, -0.15) is 0 Å². The summed E-state index contributed by atoms with van der Waals surface area (Å²) in [6.07, 6.45) is 0.